The van der Waals surface area contributed by atoms with E-state index in [2.05, 4.69) is 27.7 Å². The Kier molecular flexibility index (Phi) is 6.13. The molecule has 0 unspecified atom stereocenters. The second kappa shape index (κ2) is 8.74. The van der Waals surface area contributed by atoms with Crippen LogP contribution in [-0.4, -0.2) is 21.4 Å². The monoisotopic (exact) mass is 407 g/mol. The maximum atomic E-state index is 10.3. The Labute approximate surface area is 173 Å². The van der Waals surface area contributed by atoms with E-state index in [-0.39, 0.29) is 11.8 Å². The van der Waals surface area contributed by atoms with E-state index < -0.39 is 12.1 Å². The topological polar surface area (TPSA) is 119 Å². The first-order valence-electron chi connectivity index (χ1n) is 8.98. The molecule has 29 heavy (non-hydrogen) atoms. The standard InChI is InChI=1S/C21H18ClN5O2/c1-3-16-17(9-8-15(11-24)18(16)22)25-19(12(2)28)21-27-26-20(29-21)14-6-4-13(10-23)5-7-14/h4-9,12,19,25,28H,3H2,1-2H3/t12-,19+/m0/s1. The minimum atomic E-state index is -0.844. The van der Waals surface area contributed by atoms with E-state index in [1.807, 2.05) is 6.92 Å². The van der Waals surface area contributed by atoms with Crippen molar-refractivity contribution in [1.29, 1.82) is 10.5 Å². The maximum absolute atomic E-state index is 10.3. The zero-order valence-corrected chi connectivity index (χ0v) is 16.6. The highest BCUT2D eigenvalue weighted by Gasteiger charge is 2.25. The molecule has 2 aromatic carbocycles. The smallest absolute Gasteiger partial charge is 0.247 e. The number of nitrogens with zero attached hydrogens (tertiary/aromatic N) is 4. The molecule has 0 aliphatic carbocycles. The molecule has 0 fully saturated rings. The molecule has 1 aromatic heterocycles. The Morgan fingerprint density at radius 1 is 1.14 bits per heavy atom. The van der Waals surface area contributed by atoms with E-state index in [4.69, 9.17) is 21.3 Å². The Morgan fingerprint density at radius 2 is 1.86 bits per heavy atom. The van der Waals surface area contributed by atoms with Gasteiger partial charge in [0.25, 0.3) is 0 Å². The summed E-state index contributed by atoms with van der Waals surface area (Å²) in [6.07, 6.45) is -0.243. The number of aromatic nitrogens is 2. The summed E-state index contributed by atoms with van der Waals surface area (Å²) >= 11 is 6.33. The van der Waals surface area contributed by atoms with E-state index in [1.165, 1.54) is 0 Å². The lowest BCUT2D eigenvalue weighted by Gasteiger charge is -2.21. The van der Waals surface area contributed by atoms with Crippen molar-refractivity contribution in [2.24, 2.45) is 0 Å². The van der Waals surface area contributed by atoms with Crippen LogP contribution in [0.1, 0.15) is 42.5 Å². The Hall–Kier alpha value is -3.39. The molecule has 3 rings (SSSR count). The Morgan fingerprint density at radius 3 is 2.45 bits per heavy atom. The lowest BCUT2D eigenvalue weighted by molar-refractivity contribution is 0.159. The quantitative estimate of drug-likeness (QED) is 0.627. The average Bonchev–Trinajstić information content (AvgIpc) is 3.21. The minimum absolute atomic E-state index is 0.210. The summed E-state index contributed by atoms with van der Waals surface area (Å²) < 4.78 is 5.77. The molecule has 0 aliphatic heterocycles. The second-order valence-corrected chi connectivity index (χ2v) is 6.79. The zero-order valence-electron chi connectivity index (χ0n) is 15.8. The van der Waals surface area contributed by atoms with Crippen molar-refractivity contribution >= 4 is 17.3 Å². The van der Waals surface area contributed by atoms with E-state index in [1.54, 1.807) is 43.3 Å². The van der Waals surface area contributed by atoms with Crippen LogP contribution in [0.25, 0.3) is 11.5 Å². The molecule has 2 N–H and O–H groups in total. The molecule has 1 heterocycles. The number of aliphatic hydroxyl groups excluding tert-OH is 1. The van der Waals surface area contributed by atoms with Gasteiger partial charge in [0, 0.05) is 11.3 Å². The molecule has 0 saturated heterocycles. The molecule has 0 bridgehead atoms. The van der Waals surface area contributed by atoms with Gasteiger partial charge in [-0.25, -0.2) is 0 Å². The third-order valence-corrected chi connectivity index (χ3v) is 4.91. The van der Waals surface area contributed by atoms with Gasteiger partial charge in [0.1, 0.15) is 12.1 Å². The number of anilines is 1. The molecule has 0 aliphatic rings. The SMILES string of the molecule is CCc1c(N[C@@H](c2nnc(-c3ccc(C#N)cc3)o2)[C@H](C)O)ccc(C#N)c1Cl. The van der Waals surface area contributed by atoms with E-state index >= 15 is 0 Å². The van der Waals surface area contributed by atoms with Crippen molar-refractivity contribution in [3.63, 3.8) is 0 Å². The number of halogens is 1. The van der Waals surface area contributed by atoms with Gasteiger partial charge >= 0.3 is 0 Å². The molecule has 146 valence electrons. The van der Waals surface area contributed by atoms with Crippen molar-refractivity contribution in [3.05, 3.63) is 64.0 Å². The number of hydrogen-bond acceptors (Lipinski definition) is 7. The van der Waals surface area contributed by atoms with Crippen LogP contribution in [0.5, 0.6) is 0 Å². The van der Waals surface area contributed by atoms with Gasteiger partial charge in [0.15, 0.2) is 0 Å². The van der Waals surface area contributed by atoms with Gasteiger partial charge in [-0.1, -0.05) is 18.5 Å². The molecule has 0 saturated carbocycles. The van der Waals surface area contributed by atoms with Gasteiger partial charge in [-0.2, -0.15) is 10.5 Å². The van der Waals surface area contributed by atoms with Crippen LogP contribution in [0, 0.1) is 22.7 Å². The van der Waals surface area contributed by atoms with Crippen LogP contribution in [0.4, 0.5) is 5.69 Å². The van der Waals surface area contributed by atoms with E-state index in [0.29, 0.717) is 33.8 Å². The fourth-order valence-electron chi connectivity index (χ4n) is 2.91. The zero-order chi connectivity index (χ0) is 21.0. The van der Waals surface area contributed by atoms with Crippen LogP contribution in [-0.2, 0) is 6.42 Å². The number of nitriles is 2. The van der Waals surface area contributed by atoms with E-state index in [0.717, 1.165) is 5.56 Å². The van der Waals surface area contributed by atoms with Crippen LogP contribution in [0.15, 0.2) is 40.8 Å². The summed E-state index contributed by atoms with van der Waals surface area (Å²) in [4.78, 5) is 0. The van der Waals surface area contributed by atoms with Crippen molar-refractivity contribution in [1.82, 2.24) is 10.2 Å². The van der Waals surface area contributed by atoms with Crippen LogP contribution >= 0.6 is 11.6 Å². The normalized spacial score (nSPS) is 12.6. The number of benzene rings is 2. The Bertz CT molecular complexity index is 1090. The molecular formula is C21H18ClN5O2. The van der Waals surface area contributed by atoms with Crippen molar-refractivity contribution in [2.75, 3.05) is 5.32 Å². The van der Waals surface area contributed by atoms with Gasteiger partial charge in [0.2, 0.25) is 11.8 Å². The third kappa shape index (κ3) is 4.22. The minimum Gasteiger partial charge on any atom is -0.418 e. The first-order valence-corrected chi connectivity index (χ1v) is 9.36. The third-order valence-electron chi connectivity index (χ3n) is 4.48. The highest BCUT2D eigenvalue weighted by atomic mass is 35.5. The molecule has 0 amide bonds. The molecule has 3 aromatic rings. The summed E-state index contributed by atoms with van der Waals surface area (Å²) in [6.45, 7) is 3.54. The van der Waals surface area contributed by atoms with Gasteiger partial charge < -0.3 is 14.8 Å². The van der Waals surface area contributed by atoms with E-state index in [9.17, 15) is 10.4 Å². The average molecular weight is 408 g/mol. The summed E-state index contributed by atoms with van der Waals surface area (Å²) in [5.41, 5.74) is 3.04. The number of rotatable bonds is 6. The molecule has 0 spiro atoms. The second-order valence-electron chi connectivity index (χ2n) is 6.42. The van der Waals surface area contributed by atoms with Gasteiger partial charge in [-0.15, -0.1) is 10.2 Å². The van der Waals surface area contributed by atoms with Crippen LogP contribution < -0.4 is 5.32 Å². The fourth-order valence-corrected chi connectivity index (χ4v) is 3.25. The highest BCUT2D eigenvalue weighted by Crippen LogP contribution is 2.32. The summed E-state index contributed by atoms with van der Waals surface area (Å²) in [5, 5.41) is 40.1. The largest absolute Gasteiger partial charge is 0.418 e. The van der Waals surface area contributed by atoms with Crippen LogP contribution in [0.2, 0.25) is 5.02 Å². The van der Waals surface area contributed by atoms with Crippen molar-refractivity contribution < 1.29 is 9.52 Å². The van der Waals surface area contributed by atoms with Gasteiger partial charge in [-0.05, 0) is 55.3 Å². The predicted octanol–water partition coefficient (Wildman–Crippen LogP) is 4.23. The maximum Gasteiger partial charge on any atom is 0.247 e. The first-order chi connectivity index (χ1) is 14.0. The van der Waals surface area contributed by atoms with Gasteiger partial charge in [-0.3, -0.25) is 0 Å². The highest BCUT2D eigenvalue weighted by molar-refractivity contribution is 6.32. The first kappa shape index (κ1) is 20.3. The fraction of sp³-hybridized carbons (Fsp3) is 0.238. The molecule has 7 nitrogen and oxygen atoms in total. The summed E-state index contributed by atoms with van der Waals surface area (Å²) in [5.74, 6) is 0.493. The summed E-state index contributed by atoms with van der Waals surface area (Å²) in [7, 11) is 0. The lowest BCUT2D eigenvalue weighted by Crippen LogP contribution is -2.24. The van der Waals surface area contributed by atoms with Crippen LogP contribution in [0.3, 0.4) is 0 Å². The van der Waals surface area contributed by atoms with Crippen molar-refractivity contribution in [2.45, 2.75) is 32.4 Å². The molecule has 0 radical (unpaired) electrons. The predicted molar refractivity (Wildman–Crippen MR) is 108 cm³/mol. The molecule has 2 atom stereocenters. The van der Waals surface area contributed by atoms with Crippen molar-refractivity contribution in [3.8, 4) is 23.6 Å². The molecular weight excluding hydrogens is 390 g/mol. The van der Waals surface area contributed by atoms with Gasteiger partial charge in [0.05, 0.1) is 28.3 Å². The number of nitrogens with one attached hydrogen (secondary N) is 1. The Balaban J connectivity index is 1.92. The summed E-state index contributed by atoms with van der Waals surface area (Å²) in [6, 6.07) is 13.6. The number of hydrogen-bond donors (Lipinski definition) is 2. The lowest BCUT2D eigenvalue weighted by atomic mass is 10.0. The number of aliphatic hydroxyl groups is 1. The molecule has 8 heteroatoms.